The van der Waals surface area contributed by atoms with E-state index in [4.69, 9.17) is 28.4 Å². The Labute approximate surface area is 167 Å². The highest BCUT2D eigenvalue weighted by molar-refractivity contribution is 5.88. The molecule has 4 N–H and O–H groups in total. The van der Waals surface area contributed by atoms with Crippen LogP contribution in [0.3, 0.4) is 0 Å². The standard InChI is InChI=1S/C18H28O11/c1-7-12-8(9(16(23)24-2)6-26-17(12)25-3)4-11(27-7)29-18-15(22)14(21)13(20)10(5-19)28-18/h6-8,10-15,17-22H,4-5H2,1-3H3/t7?,8?,10-,11?,12?,13-,14+,15-,17?,18-/m1/s1. The van der Waals surface area contributed by atoms with E-state index < -0.39 is 62.0 Å². The second kappa shape index (κ2) is 9.23. The number of fused-ring (bicyclic) bond motifs is 1. The molecule has 29 heavy (non-hydrogen) atoms. The molecule has 3 aliphatic rings. The molecule has 0 aromatic rings. The molecule has 166 valence electrons. The van der Waals surface area contributed by atoms with Crippen LogP contribution in [0.2, 0.25) is 0 Å². The van der Waals surface area contributed by atoms with Crippen molar-refractivity contribution in [1.29, 1.82) is 0 Å². The average Bonchev–Trinajstić information content (AvgIpc) is 2.72. The number of hydrogen-bond acceptors (Lipinski definition) is 11. The van der Waals surface area contributed by atoms with Crippen molar-refractivity contribution in [1.82, 2.24) is 0 Å². The van der Waals surface area contributed by atoms with Crippen molar-refractivity contribution in [2.75, 3.05) is 20.8 Å². The third-order valence-corrected chi connectivity index (χ3v) is 5.65. The molecule has 0 bridgehead atoms. The summed E-state index contributed by atoms with van der Waals surface area (Å²) < 4.78 is 32.6. The number of rotatable bonds is 5. The summed E-state index contributed by atoms with van der Waals surface area (Å²) in [6.45, 7) is 1.20. The van der Waals surface area contributed by atoms with Crippen LogP contribution >= 0.6 is 0 Å². The lowest BCUT2D eigenvalue weighted by Gasteiger charge is -2.47. The summed E-state index contributed by atoms with van der Waals surface area (Å²) in [6, 6.07) is 0. The summed E-state index contributed by atoms with van der Waals surface area (Å²) in [5, 5.41) is 39.3. The molecule has 0 saturated carbocycles. The van der Waals surface area contributed by atoms with E-state index in [1.54, 1.807) is 6.92 Å². The van der Waals surface area contributed by atoms with Crippen molar-refractivity contribution in [2.45, 2.75) is 62.7 Å². The van der Waals surface area contributed by atoms with Crippen LogP contribution in [0, 0.1) is 11.8 Å². The van der Waals surface area contributed by atoms with Gasteiger partial charge in [-0.1, -0.05) is 0 Å². The Kier molecular flexibility index (Phi) is 7.12. The van der Waals surface area contributed by atoms with Gasteiger partial charge in [-0.15, -0.1) is 0 Å². The minimum absolute atomic E-state index is 0.203. The first-order chi connectivity index (χ1) is 13.8. The molecule has 0 aromatic carbocycles. The van der Waals surface area contributed by atoms with E-state index in [1.807, 2.05) is 0 Å². The molecule has 3 rings (SSSR count). The second-order valence-corrected chi connectivity index (χ2v) is 7.33. The van der Waals surface area contributed by atoms with E-state index >= 15 is 0 Å². The Morgan fingerprint density at radius 2 is 1.86 bits per heavy atom. The van der Waals surface area contributed by atoms with Crippen LogP contribution in [0.1, 0.15) is 13.3 Å². The average molecular weight is 420 g/mol. The molecule has 0 radical (unpaired) electrons. The number of carbonyl (C=O) groups is 1. The summed E-state index contributed by atoms with van der Waals surface area (Å²) >= 11 is 0. The topological polar surface area (TPSA) is 153 Å². The molecule has 5 unspecified atom stereocenters. The van der Waals surface area contributed by atoms with Crippen LogP contribution in [0.25, 0.3) is 0 Å². The maximum atomic E-state index is 12.2. The number of methoxy groups -OCH3 is 2. The molecule has 0 aromatic heterocycles. The van der Waals surface area contributed by atoms with Gasteiger partial charge in [0.1, 0.15) is 24.4 Å². The van der Waals surface area contributed by atoms with Gasteiger partial charge >= 0.3 is 5.97 Å². The van der Waals surface area contributed by atoms with Gasteiger partial charge in [-0.05, 0) is 6.92 Å². The van der Waals surface area contributed by atoms with Crippen LogP contribution < -0.4 is 0 Å². The molecule has 11 heteroatoms. The lowest BCUT2D eigenvalue weighted by Crippen LogP contribution is -2.60. The lowest BCUT2D eigenvalue weighted by molar-refractivity contribution is -0.356. The number of aliphatic hydroxyl groups is 4. The first-order valence-electron chi connectivity index (χ1n) is 9.40. The Hall–Kier alpha value is -1.31. The molecule has 2 saturated heterocycles. The Morgan fingerprint density at radius 3 is 2.48 bits per heavy atom. The molecule has 2 fully saturated rings. The maximum Gasteiger partial charge on any atom is 0.337 e. The van der Waals surface area contributed by atoms with Crippen LogP contribution in [0.5, 0.6) is 0 Å². The first-order valence-corrected chi connectivity index (χ1v) is 9.40. The van der Waals surface area contributed by atoms with Gasteiger partial charge in [-0.25, -0.2) is 4.79 Å². The van der Waals surface area contributed by atoms with Gasteiger partial charge in [0.15, 0.2) is 12.6 Å². The molecule has 10 atom stereocenters. The normalized spacial score (nSPS) is 45.0. The van der Waals surface area contributed by atoms with Gasteiger partial charge in [0.2, 0.25) is 6.29 Å². The lowest BCUT2D eigenvalue weighted by atomic mass is 9.77. The van der Waals surface area contributed by atoms with E-state index in [1.165, 1.54) is 20.5 Å². The highest BCUT2D eigenvalue weighted by atomic mass is 16.8. The molecular formula is C18H28O11. The number of aliphatic hydroxyl groups excluding tert-OH is 4. The summed E-state index contributed by atoms with van der Waals surface area (Å²) in [5.41, 5.74) is 0.309. The van der Waals surface area contributed by atoms with Crippen molar-refractivity contribution >= 4 is 5.97 Å². The van der Waals surface area contributed by atoms with Crippen molar-refractivity contribution in [3.05, 3.63) is 11.8 Å². The number of carbonyl (C=O) groups excluding carboxylic acids is 1. The molecule has 0 amide bonds. The maximum absolute atomic E-state index is 12.2. The zero-order chi connectivity index (χ0) is 21.3. The van der Waals surface area contributed by atoms with Crippen LogP contribution in [0.15, 0.2) is 11.8 Å². The zero-order valence-electron chi connectivity index (χ0n) is 16.4. The summed E-state index contributed by atoms with van der Waals surface area (Å²) in [4.78, 5) is 12.2. The minimum atomic E-state index is -1.56. The van der Waals surface area contributed by atoms with Crippen molar-refractivity contribution in [3.8, 4) is 0 Å². The summed E-state index contributed by atoms with van der Waals surface area (Å²) in [6.07, 6.45) is -7.53. The fourth-order valence-electron chi connectivity index (χ4n) is 4.09. The highest BCUT2D eigenvalue weighted by Gasteiger charge is 2.50. The van der Waals surface area contributed by atoms with Crippen LogP contribution in [-0.4, -0.2) is 96.6 Å². The monoisotopic (exact) mass is 420 g/mol. The highest BCUT2D eigenvalue weighted by Crippen LogP contribution is 2.43. The molecule has 3 heterocycles. The third-order valence-electron chi connectivity index (χ3n) is 5.65. The SMILES string of the molecule is COC(=O)C1=COC(OC)C2C(C)OC(O[C@H]3O[C@H](CO)[C@@H](O)[C@H](O)[C@H]3O)CC12. The Balaban J connectivity index is 1.76. The van der Waals surface area contributed by atoms with Gasteiger partial charge in [-0.2, -0.15) is 0 Å². The number of esters is 1. The van der Waals surface area contributed by atoms with Gasteiger partial charge in [0.05, 0.1) is 37.6 Å². The van der Waals surface area contributed by atoms with E-state index in [9.17, 15) is 25.2 Å². The quantitative estimate of drug-likeness (QED) is 0.374. The van der Waals surface area contributed by atoms with E-state index in [2.05, 4.69) is 0 Å². The van der Waals surface area contributed by atoms with Crippen molar-refractivity contribution < 1.29 is 53.6 Å². The fraction of sp³-hybridized carbons (Fsp3) is 0.833. The molecular weight excluding hydrogens is 392 g/mol. The van der Waals surface area contributed by atoms with Gasteiger partial charge in [0, 0.05) is 19.4 Å². The Morgan fingerprint density at radius 1 is 1.14 bits per heavy atom. The minimum Gasteiger partial charge on any atom is -0.472 e. The Bertz CT molecular complexity index is 609. The van der Waals surface area contributed by atoms with Crippen molar-refractivity contribution in [2.24, 2.45) is 11.8 Å². The summed E-state index contributed by atoms with van der Waals surface area (Å²) in [5.74, 6) is -1.23. The van der Waals surface area contributed by atoms with Crippen LogP contribution in [-0.2, 0) is 33.2 Å². The van der Waals surface area contributed by atoms with E-state index in [0.29, 0.717) is 5.57 Å². The zero-order valence-corrected chi connectivity index (χ0v) is 16.4. The summed E-state index contributed by atoms with van der Waals surface area (Å²) in [7, 11) is 2.76. The smallest absolute Gasteiger partial charge is 0.337 e. The first kappa shape index (κ1) is 22.4. The molecule has 11 nitrogen and oxygen atoms in total. The molecule has 0 aliphatic carbocycles. The fourth-order valence-corrected chi connectivity index (χ4v) is 4.09. The molecule has 3 aliphatic heterocycles. The predicted molar refractivity (Wildman–Crippen MR) is 92.8 cm³/mol. The number of hydrogen-bond donors (Lipinski definition) is 4. The van der Waals surface area contributed by atoms with E-state index in [-0.39, 0.29) is 18.3 Å². The van der Waals surface area contributed by atoms with Gasteiger partial charge in [-0.3, -0.25) is 0 Å². The van der Waals surface area contributed by atoms with Crippen LogP contribution in [0.4, 0.5) is 0 Å². The second-order valence-electron chi connectivity index (χ2n) is 7.33. The van der Waals surface area contributed by atoms with E-state index in [0.717, 1.165) is 0 Å². The van der Waals surface area contributed by atoms with Gasteiger partial charge in [0.25, 0.3) is 0 Å². The van der Waals surface area contributed by atoms with Crippen molar-refractivity contribution in [3.63, 3.8) is 0 Å². The molecule has 0 spiro atoms. The largest absolute Gasteiger partial charge is 0.472 e. The number of ether oxygens (including phenoxy) is 6. The third kappa shape index (κ3) is 4.28. The van der Waals surface area contributed by atoms with Gasteiger partial charge < -0.3 is 48.8 Å². The predicted octanol–water partition coefficient (Wildman–Crippen LogP) is -1.77.